The lowest BCUT2D eigenvalue weighted by atomic mass is 10.2. The number of fused-ring (bicyclic) bond motifs is 1. The number of nitrogens with zero attached hydrogens (tertiary/aromatic N) is 5. The molecule has 4 rings (SSSR count). The van der Waals surface area contributed by atoms with Gasteiger partial charge in [-0.05, 0) is 37.6 Å². The van der Waals surface area contributed by atoms with Crippen LogP contribution in [0.25, 0.3) is 0 Å². The number of aromatic nitrogens is 4. The van der Waals surface area contributed by atoms with Crippen LogP contribution in [-0.2, 0) is 17.9 Å². The van der Waals surface area contributed by atoms with E-state index in [1.165, 1.54) is 0 Å². The van der Waals surface area contributed by atoms with E-state index in [9.17, 15) is 4.79 Å². The number of ether oxygens (including phenoxy) is 2. The molecule has 0 radical (unpaired) electrons. The van der Waals surface area contributed by atoms with Crippen molar-refractivity contribution in [2.45, 2.75) is 33.0 Å². The Balaban J connectivity index is 1.44. The highest BCUT2D eigenvalue weighted by Gasteiger charge is 2.30. The molecule has 1 atom stereocenters. The van der Waals surface area contributed by atoms with Crippen molar-refractivity contribution in [2.75, 3.05) is 36.8 Å². The fourth-order valence-electron chi connectivity index (χ4n) is 3.55. The summed E-state index contributed by atoms with van der Waals surface area (Å²) < 4.78 is 12.5. The number of benzene rings is 1. The molecule has 2 aromatic heterocycles. The molecule has 168 valence electrons. The second kappa shape index (κ2) is 8.74. The van der Waals surface area contributed by atoms with Gasteiger partial charge in [0.25, 0.3) is 0 Å². The highest BCUT2D eigenvalue weighted by Crippen LogP contribution is 2.32. The second-order valence-electron chi connectivity index (χ2n) is 7.65. The number of rotatable bonds is 7. The Morgan fingerprint density at radius 2 is 1.94 bits per heavy atom. The standard InChI is InChI=1S/C22H27N7O3/c1-13-19-20(28(3)14(2)21(30)25-19)26-22(24-13)23-11-16-8-9-29(27-16)12-15-6-7-17(31-4)18(10-15)32-5/h6-10,14H,11-12H2,1-5H3,(H,25,30)(H,23,24,26)/t14-/m0/s1. The maximum atomic E-state index is 12.1. The number of hydrogen-bond acceptors (Lipinski definition) is 8. The number of hydrogen-bond donors (Lipinski definition) is 2. The predicted octanol–water partition coefficient (Wildman–Crippen LogP) is 2.44. The van der Waals surface area contributed by atoms with Gasteiger partial charge in [-0.2, -0.15) is 10.1 Å². The van der Waals surface area contributed by atoms with Crippen molar-refractivity contribution in [3.63, 3.8) is 0 Å². The van der Waals surface area contributed by atoms with Crippen molar-refractivity contribution < 1.29 is 14.3 Å². The predicted molar refractivity (Wildman–Crippen MR) is 121 cm³/mol. The minimum absolute atomic E-state index is 0.0626. The molecule has 1 aromatic carbocycles. The summed E-state index contributed by atoms with van der Waals surface area (Å²) in [5.74, 6) is 2.51. The molecule has 0 aliphatic carbocycles. The zero-order valence-corrected chi connectivity index (χ0v) is 18.8. The Morgan fingerprint density at radius 1 is 1.16 bits per heavy atom. The zero-order valence-electron chi connectivity index (χ0n) is 18.8. The van der Waals surface area contributed by atoms with Gasteiger partial charge in [0, 0.05) is 13.2 Å². The van der Waals surface area contributed by atoms with E-state index >= 15 is 0 Å². The molecule has 0 bridgehead atoms. The van der Waals surface area contributed by atoms with Crippen LogP contribution in [0.15, 0.2) is 30.5 Å². The summed E-state index contributed by atoms with van der Waals surface area (Å²) in [5, 5.41) is 10.7. The molecule has 0 spiro atoms. The van der Waals surface area contributed by atoms with Gasteiger partial charge in [0.15, 0.2) is 17.3 Å². The number of amides is 1. The van der Waals surface area contributed by atoms with Crippen molar-refractivity contribution >= 4 is 23.4 Å². The summed E-state index contributed by atoms with van der Waals surface area (Å²) in [6.45, 7) is 4.78. The number of carbonyl (C=O) groups is 1. The quantitative estimate of drug-likeness (QED) is 0.581. The molecule has 10 nitrogen and oxygen atoms in total. The number of methoxy groups -OCH3 is 2. The van der Waals surface area contributed by atoms with Gasteiger partial charge < -0.3 is 25.0 Å². The summed E-state index contributed by atoms with van der Waals surface area (Å²) in [5.41, 5.74) is 3.28. The van der Waals surface area contributed by atoms with E-state index in [-0.39, 0.29) is 11.9 Å². The third-order valence-corrected chi connectivity index (χ3v) is 5.53. The number of anilines is 3. The van der Waals surface area contributed by atoms with E-state index < -0.39 is 0 Å². The summed E-state index contributed by atoms with van der Waals surface area (Å²) in [7, 11) is 5.09. The van der Waals surface area contributed by atoms with Crippen LogP contribution in [0.4, 0.5) is 17.5 Å². The summed E-state index contributed by atoms with van der Waals surface area (Å²) in [6, 6.07) is 7.47. The topological polar surface area (TPSA) is 106 Å². The lowest BCUT2D eigenvalue weighted by molar-refractivity contribution is -0.117. The van der Waals surface area contributed by atoms with Crippen LogP contribution in [-0.4, -0.2) is 53.0 Å². The van der Waals surface area contributed by atoms with Crippen molar-refractivity contribution in [3.8, 4) is 11.5 Å². The molecule has 0 saturated heterocycles. The second-order valence-corrected chi connectivity index (χ2v) is 7.65. The van der Waals surface area contributed by atoms with Crippen LogP contribution in [0, 0.1) is 6.92 Å². The van der Waals surface area contributed by atoms with Gasteiger partial charge in [-0.25, -0.2) is 4.98 Å². The molecular formula is C22H27N7O3. The van der Waals surface area contributed by atoms with Crippen LogP contribution < -0.4 is 25.0 Å². The first-order valence-electron chi connectivity index (χ1n) is 10.3. The smallest absolute Gasteiger partial charge is 0.246 e. The fraction of sp³-hybridized carbons (Fsp3) is 0.364. The zero-order chi connectivity index (χ0) is 22.8. The molecule has 32 heavy (non-hydrogen) atoms. The molecule has 3 heterocycles. The number of nitrogens with one attached hydrogen (secondary N) is 2. The SMILES string of the molecule is COc1ccc(Cn2ccc(CNc3nc(C)c4c(n3)N(C)[C@@H](C)C(=O)N4)n2)cc1OC. The van der Waals surface area contributed by atoms with Gasteiger partial charge in [-0.15, -0.1) is 0 Å². The van der Waals surface area contributed by atoms with E-state index in [2.05, 4.69) is 25.7 Å². The highest BCUT2D eigenvalue weighted by molar-refractivity contribution is 6.03. The van der Waals surface area contributed by atoms with Crippen LogP contribution in [0.3, 0.4) is 0 Å². The van der Waals surface area contributed by atoms with Gasteiger partial charge in [-0.3, -0.25) is 9.48 Å². The number of likely N-dealkylation sites (N-methyl/N-ethyl adjacent to an activating group) is 1. The Hall–Kier alpha value is -3.82. The van der Waals surface area contributed by atoms with Crippen LogP contribution >= 0.6 is 0 Å². The molecule has 2 N–H and O–H groups in total. The lowest BCUT2D eigenvalue weighted by Gasteiger charge is -2.32. The first kappa shape index (κ1) is 21.4. The molecule has 1 amide bonds. The van der Waals surface area contributed by atoms with Crippen LogP contribution in [0.2, 0.25) is 0 Å². The monoisotopic (exact) mass is 437 g/mol. The largest absolute Gasteiger partial charge is 0.493 e. The van der Waals surface area contributed by atoms with Gasteiger partial charge in [0.2, 0.25) is 11.9 Å². The summed E-state index contributed by atoms with van der Waals surface area (Å²) in [4.78, 5) is 23.0. The molecule has 0 fully saturated rings. The Labute approximate surface area is 186 Å². The average molecular weight is 438 g/mol. The number of carbonyl (C=O) groups excluding carboxylic acids is 1. The normalized spacial score (nSPS) is 15.2. The van der Waals surface area contributed by atoms with E-state index in [0.29, 0.717) is 47.7 Å². The average Bonchev–Trinajstić information content (AvgIpc) is 3.24. The molecule has 1 aliphatic heterocycles. The third-order valence-electron chi connectivity index (χ3n) is 5.53. The summed E-state index contributed by atoms with van der Waals surface area (Å²) >= 11 is 0. The lowest BCUT2D eigenvalue weighted by Crippen LogP contribution is -2.44. The molecule has 0 unspecified atom stereocenters. The Kier molecular flexibility index (Phi) is 5.85. The van der Waals surface area contributed by atoms with Crippen molar-refractivity contribution in [1.82, 2.24) is 19.7 Å². The first-order valence-corrected chi connectivity index (χ1v) is 10.3. The first-order chi connectivity index (χ1) is 15.4. The highest BCUT2D eigenvalue weighted by atomic mass is 16.5. The third kappa shape index (κ3) is 4.16. The van der Waals surface area contributed by atoms with Crippen molar-refractivity contribution in [3.05, 3.63) is 47.4 Å². The minimum Gasteiger partial charge on any atom is -0.493 e. The fourth-order valence-corrected chi connectivity index (χ4v) is 3.55. The van der Waals surface area contributed by atoms with Crippen LogP contribution in [0.5, 0.6) is 11.5 Å². The van der Waals surface area contributed by atoms with E-state index in [0.717, 1.165) is 11.3 Å². The summed E-state index contributed by atoms with van der Waals surface area (Å²) in [6.07, 6.45) is 1.93. The maximum absolute atomic E-state index is 12.1. The van der Waals surface area contributed by atoms with Crippen molar-refractivity contribution in [2.24, 2.45) is 0 Å². The molecule has 0 saturated carbocycles. The minimum atomic E-state index is -0.295. The molecule has 3 aromatic rings. The van der Waals surface area contributed by atoms with E-state index in [4.69, 9.17) is 9.47 Å². The van der Waals surface area contributed by atoms with E-state index in [1.54, 1.807) is 14.2 Å². The van der Waals surface area contributed by atoms with Gasteiger partial charge in [0.05, 0.1) is 38.7 Å². The van der Waals surface area contributed by atoms with Gasteiger partial charge in [0.1, 0.15) is 11.7 Å². The van der Waals surface area contributed by atoms with Gasteiger partial charge >= 0.3 is 0 Å². The van der Waals surface area contributed by atoms with Crippen LogP contribution in [0.1, 0.15) is 23.9 Å². The molecule has 1 aliphatic rings. The van der Waals surface area contributed by atoms with Crippen molar-refractivity contribution in [1.29, 1.82) is 0 Å². The maximum Gasteiger partial charge on any atom is 0.246 e. The number of aryl methyl sites for hydroxylation is 1. The van der Waals surface area contributed by atoms with E-state index in [1.807, 2.05) is 60.9 Å². The molecular weight excluding hydrogens is 410 g/mol. The Morgan fingerprint density at radius 3 is 2.69 bits per heavy atom. The molecule has 10 heteroatoms. The van der Waals surface area contributed by atoms with Gasteiger partial charge in [-0.1, -0.05) is 6.07 Å². The Bertz CT molecular complexity index is 1140.